The van der Waals surface area contributed by atoms with E-state index in [1.54, 1.807) is 0 Å². The highest BCUT2D eigenvalue weighted by molar-refractivity contribution is 5.85. The summed E-state index contributed by atoms with van der Waals surface area (Å²) in [6.07, 6.45) is 0. The van der Waals surface area contributed by atoms with Crippen molar-refractivity contribution in [2.45, 2.75) is 26.4 Å². The second kappa shape index (κ2) is 8.25. The van der Waals surface area contributed by atoms with Gasteiger partial charge in [0.2, 0.25) is 5.91 Å². The number of nitrogens with zero attached hydrogens (tertiary/aromatic N) is 1. The molecule has 5 heteroatoms. The molecular weight excluding hydrogens is 274 g/mol. The first-order chi connectivity index (χ1) is 9.15. The van der Waals surface area contributed by atoms with Crippen LogP contribution in [0, 0.1) is 6.92 Å². The van der Waals surface area contributed by atoms with Crippen molar-refractivity contribution in [2.24, 2.45) is 0 Å². The number of carbonyl (C=O) groups excluding carboxylic acids is 1. The lowest BCUT2D eigenvalue weighted by atomic mass is 10.1. The van der Waals surface area contributed by atoms with Crippen LogP contribution in [0.25, 0.3) is 0 Å². The van der Waals surface area contributed by atoms with Crippen molar-refractivity contribution in [3.8, 4) is 0 Å². The van der Waals surface area contributed by atoms with Crippen LogP contribution in [0.3, 0.4) is 0 Å². The molecule has 1 aliphatic heterocycles. The molecule has 0 bridgehead atoms. The Labute approximate surface area is 127 Å². The van der Waals surface area contributed by atoms with Crippen molar-refractivity contribution >= 4 is 18.3 Å². The average Bonchev–Trinajstić information content (AvgIpc) is 2.41. The first-order valence-corrected chi connectivity index (χ1v) is 6.92. The number of aryl methyl sites for hydroxylation is 1. The molecule has 1 fully saturated rings. The molecule has 1 heterocycles. The Morgan fingerprint density at radius 2 is 2.10 bits per heavy atom. The summed E-state index contributed by atoms with van der Waals surface area (Å²) in [5, 5.41) is 6.31. The van der Waals surface area contributed by atoms with Crippen LogP contribution in [0.15, 0.2) is 24.3 Å². The van der Waals surface area contributed by atoms with Crippen molar-refractivity contribution in [3.05, 3.63) is 35.4 Å². The summed E-state index contributed by atoms with van der Waals surface area (Å²) in [4.78, 5) is 14.1. The SMILES string of the molecule is Cc1ccc(CNC(=O)CN2CCNC[C@@H]2C)cc1.Cl. The molecule has 2 N–H and O–H groups in total. The van der Waals surface area contributed by atoms with Crippen LogP contribution >= 0.6 is 12.4 Å². The van der Waals surface area contributed by atoms with Crippen LogP contribution in [0.5, 0.6) is 0 Å². The summed E-state index contributed by atoms with van der Waals surface area (Å²) >= 11 is 0. The normalized spacial score (nSPS) is 19.2. The lowest BCUT2D eigenvalue weighted by molar-refractivity contribution is -0.123. The molecule has 0 spiro atoms. The number of nitrogens with one attached hydrogen (secondary N) is 2. The predicted octanol–water partition coefficient (Wildman–Crippen LogP) is 1.33. The largest absolute Gasteiger partial charge is 0.351 e. The molecule has 4 nitrogen and oxygen atoms in total. The minimum atomic E-state index is 0. The van der Waals surface area contributed by atoms with Crippen LogP contribution < -0.4 is 10.6 Å². The zero-order valence-corrected chi connectivity index (χ0v) is 13.0. The Morgan fingerprint density at radius 3 is 2.75 bits per heavy atom. The van der Waals surface area contributed by atoms with Gasteiger partial charge >= 0.3 is 0 Å². The smallest absolute Gasteiger partial charge is 0.234 e. The van der Waals surface area contributed by atoms with Crippen LogP contribution in [0.1, 0.15) is 18.1 Å². The summed E-state index contributed by atoms with van der Waals surface area (Å²) < 4.78 is 0. The van der Waals surface area contributed by atoms with Gasteiger partial charge in [0.25, 0.3) is 0 Å². The van der Waals surface area contributed by atoms with Gasteiger partial charge in [-0.3, -0.25) is 9.69 Å². The van der Waals surface area contributed by atoms with E-state index in [1.807, 2.05) is 0 Å². The highest BCUT2D eigenvalue weighted by Crippen LogP contribution is 2.03. The average molecular weight is 298 g/mol. The minimum absolute atomic E-state index is 0. The lowest BCUT2D eigenvalue weighted by Crippen LogP contribution is -2.52. The number of amides is 1. The van der Waals surface area contributed by atoms with E-state index in [1.165, 1.54) is 5.56 Å². The summed E-state index contributed by atoms with van der Waals surface area (Å²) in [5.41, 5.74) is 2.39. The molecule has 0 radical (unpaired) electrons. The second-order valence-electron chi connectivity index (χ2n) is 5.29. The van der Waals surface area contributed by atoms with E-state index in [9.17, 15) is 4.79 Å². The first-order valence-electron chi connectivity index (χ1n) is 6.92. The Bertz CT molecular complexity index is 422. The van der Waals surface area contributed by atoms with Crippen LogP contribution in [0.4, 0.5) is 0 Å². The Balaban J connectivity index is 0.00000200. The summed E-state index contributed by atoms with van der Waals surface area (Å²) in [6.45, 7) is 8.20. The molecule has 1 aromatic carbocycles. The molecule has 1 atom stereocenters. The predicted molar refractivity (Wildman–Crippen MR) is 84.2 cm³/mol. The fraction of sp³-hybridized carbons (Fsp3) is 0.533. The Morgan fingerprint density at radius 1 is 1.40 bits per heavy atom. The van der Waals surface area contributed by atoms with Gasteiger partial charge in [0.05, 0.1) is 6.54 Å². The molecule has 0 unspecified atom stereocenters. The van der Waals surface area contributed by atoms with Crippen LogP contribution in [0.2, 0.25) is 0 Å². The van der Waals surface area contributed by atoms with E-state index >= 15 is 0 Å². The highest BCUT2D eigenvalue weighted by atomic mass is 35.5. The van der Waals surface area contributed by atoms with E-state index in [-0.39, 0.29) is 18.3 Å². The molecule has 0 aromatic heterocycles. The number of hydrogen-bond donors (Lipinski definition) is 2. The quantitative estimate of drug-likeness (QED) is 0.881. The third kappa shape index (κ3) is 5.12. The standard InChI is InChI=1S/C15H23N3O.ClH/c1-12-3-5-14(6-4-12)10-17-15(19)11-18-8-7-16-9-13(18)2;/h3-6,13,16H,7-11H2,1-2H3,(H,17,19);1H/t13-;/m0./s1. The van der Waals surface area contributed by atoms with Crippen LogP contribution in [-0.2, 0) is 11.3 Å². The van der Waals surface area contributed by atoms with Crippen molar-refractivity contribution < 1.29 is 4.79 Å². The molecule has 0 aliphatic carbocycles. The molecule has 1 amide bonds. The van der Waals surface area contributed by atoms with E-state index in [0.717, 1.165) is 25.2 Å². The van der Waals surface area contributed by atoms with Gasteiger partial charge in [-0.15, -0.1) is 12.4 Å². The highest BCUT2D eigenvalue weighted by Gasteiger charge is 2.19. The van der Waals surface area contributed by atoms with Gasteiger partial charge in [-0.1, -0.05) is 29.8 Å². The van der Waals surface area contributed by atoms with Gasteiger partial charge in [0.15, 0.2) is 0 Å². The maximum absolute atomic E-state index is 11.9. The Kier molecular flexibility index (Phi) is 6.99. The van der Waals surface area contributed by atoms with Crippen molar-refractivity contribution in [1.29, 1.82) is 0 Å². The number of rotatable bonds is 4. The van der Waals surface area contributed by atoms with Gasteiger partial charge in [0.1, 0.15) is 0 Å². The fourth-order valence-corrected chi connectivity index (χ4v) is 2.26. The molecule has 20 heavy (non-hydrogen) atoms. The van der Waals surface area contributed by atoms with Crippen molar-refractivity contribution in [1.82, 2.24) is 15.5 Å². The van der Waals surface area contributed by atoms with Gasteiger partial charge < -0.3 is 10.6 Å². The maximum atomic E-state index is 11.9. The molecule has 2 rings (SSSR count). The van der Waals surface area contributed by atoms with E-state index in [0.29, 0.717) is 19.1 Å². The second-order valence-corrected chi connectivity index (χ2v) is 5.29. The lowest BCUT2D eigenvalue weighted by Gasteiger charge is -2.33. The summed E-state index contributed by atoms with van der Waals surface area (Å²) in [5.74, 6) is 0.106. The van der Waals surface area contributed by atoms with Crippen molar-refractivity contribution in [3.63, 3.8) is 0 Å². The number of carbonyl (C=O) groups is 1. The van der Waals surface area contributed by atoms with Crippen molar-refractivity contribution in [2.75, 3.05) is 26.2 Å². The van der Waals surface area contributed by atoms with E-state index < -0.39 is 0 Å². The zero-order valence-electron chi connectivity index (χ0n) is 12.2. The van der Waals surface area contributed by atoms with Gasteiger partial charge in [-0.05, 0) is 19.4 Å². The third-order valence-electron chi connectivity index (χ3n) is 3.60. The van der Waals surface area contributed by atoms with E-state index in [2.05, 4.69) is 53.6 Å². The zero-order chi connectivity index (χ0) is 13.7. The monoisotopic (exact) mass is 297 g/mol. The van der Waals surface area contributed by atoms with Gasteiger partial charge in [-0.2, -0.15) is 0 Å². The molecular formula is C15H24ClN3O. The number of piperazine rings is 1. The topological polar surface area (TPSA) is 44.4 Å². The molecule has 0 saturated carbocycles. The third-order valence-corrected chi connectivity index (χ3v) is 3.60. The number of benzene rings is 1. The Hall–Kier alpha value is -1.10. The minimum Gasteiger partial charge on any atom is -0.351 e. The van der Waals surface area contributed by atoms with E-state index in [4.69, 9.17) is 0 Å². The first kappa shape index (κ1) is 17.0. The summed E-state index contributed by atoms with van der Waals surface area (Å²) in [7, 11) is 0. The molecule has 1 aromatic rings. The van der Waals surface area contributed by atoms with Crippen LogP contribution in [-0.4, -0.2) is 43.0 Å². The van der Waals surface area contributed by atoms with Gasteiger partial charge in [-0.25, -0.2) is 0 Å². The number of halogens is 1. The summed E-state index contributed by atoms with van der Waals surface area (Å²) in [6, 6.07) is 8.69. The molecule has 112 valence electrons. The van der Waals surface area contributed by atoms with Gasteiger partial charge in [0, 0.05) is 32.2 Å². The molecule has 1 saturated heterocycles. The maximum Gasteiger partial charge on any atom is 0.234 e. The molecule has 1 aliphatic rings. The number of hydrogen-bond acceptors (Lipinski definition) is 3. The fourth-order valence-electron chi connectivity index (χ4n) is 2.26.